The lowest BCUT2D eigenvalue weighted by molar-refractivity contribution is -1.05. The minimum Gasteiger partial charge on any atom is -0.449 e. The summed E-state index contributed by atoms with van der Waals surface area (Å²) in [6, 6.07) is 8.63. The number of rotatable bonds is 5. The highest BCUT2D eigenvalue weighted by molar-refractivity contribution is 5.99. The van der Waals surface area contributed by atoms with Gasteiger partial charge in [-0.2, -0.15) is 10.5 Å². The Hall–Kier alpha value is -3.16. The fourth-order valence-electron chi connectivity index (χ4n) is 2.72. The van der Waals surface area contributed by atoms with Crippen LogP contribution in [0, 0.1) is 22.7 Å². The molecule has 128 valence electrons. The lowest BCUT2D eigenvalue weighted by atomic mass is 10.1. The van der Waals surface area contributed by atoms with Gasteiger partial charge in [0.2, 0.25) is 11.5 Å². The summed E-state index contributed by atoms with van der Waals surface area (Å²) in [6.07, 6.45) is 1.13. The molecule has 1 heterocycles. The topological polar surface area (TPSA) is 95.5 Å². The zero-order chi connectivity index (χ0) is 18.6. The zero-order valence-corrected chi connectivity index (χ0v) is 14.7. The zero-order valence-electron chi connectivity index (χ0n) is 14.7. The maximum absolute atomic E-state index is 11.5. The van der Waals surface area contributed by atoms with Crippen molar-refractivity contribution in [1.29, 1.82) is 10.5 Å². The van der Waals surface area contributed by atoms with Crippen molar-refractivity contribution in [2.24, 2.45) is 5.10 Å². The first-order valence-corrected chi connectivity index (χ1v) is 7.89. The highest BCUT2D eigenvalue weighted by atomic mass is 16.8. The van der Waals surface area contributed by atoms with Crippen LogP contribution in [0.4, 0.5) is 0 Å². The molecular weight excluding hydrogens is 320 g/mol. The molecule has 0 bridgehead atoms. The SMILES string of the molecule is CCC1=N[N+](C)(OC(C)=O)C(CC)=C1Oc1cc(C#N)cc(C#N)c1. The van der Waals surface area contributed by atoms with E-state index < -0.39 is 5.97 Å². The summed E-state index contributed by atoms with van der Waals surface area (Å²) in [5, 5.41) is 22.7. The van der Waals surface area contributed by atoms with Crippen molar-refractivity contribution < 1.29 is 19.1 Å². The molecular formula is C18H19N4O3+. The maximum atomic E-state index is 11.5. The minimum atomic E-state index is -0.452. The number of hydroxylamine groups is 2. The van der Waals surface area contributed by atoms with Crippen LogP contribution in [-0.4, -0.2) is 23.5 Å². The van der Waals surface area contributed by atoms with Gasteiger partial charge < -0.3 is 4.74 Å². The number of hydrogen-bond acceptors (Lipinski definition) is 6. The van der Waals surface area contributed by atoms with E-state index in [0.717, 1.165) is 0 Å². The molecule has 2 rings (SSSR count). The molecule has 0 amide bonds. The van der Waals surface area contributed by atoms with Crippen LogP contribution in [0.3, 0.4) is 0 Å². The first-order valence-electron chi connectivity index (χ1n) is 7.89. The van der Waals surface area contributed by atoms with Crippen LogP contribution in [0.2, 0.25) is 0 Å². The Balaban J connectivity index is 2.51. The van der Waals surface area contributed by atoms with Gasteiger partial charge >= 0.3 is 5.97 Å². The van der Waals surface area contributed by atoms with E-state index in [1.165, 1.54) is 13.0 Å². The number of quaternary nitrogens is 1. The Morgan fingerprint density at radius 3 is 2.20 bits per heavy atom. The molecule has 1 aliphatic rings. The molecule has 0 saturated heterocycles. The summed E-state index contributed by atoms with van der Waals surface area (Å²) in [4.78, 5) is 16.8. The molecule has 1 unspecified atom stereocenters. The van der Waals surface area contributed by atoms with Crippen molar-refractivity contribution in [1.82, 2.24) is 0 Å². The van der Waals surface area contributed by atoms with Gasteiger partial charge in [0.15, 0.2) is 0 Å². The van der Waals surface area contributed by atoms with E-state index in [-0.39, 0.29) is 4.76 Å². The molecule has 0 fully saturated rings. The van der Waals surface area contributed by atoms with Crippen LogP contribution >= 0.6 is 0 Å². The van der Waals surface area contributed by atoms with Crippen molar-refractivity contribution >= 4 is 11.7 Å². The molecule has 0 spiro atoms. The summed E-state index contributed by atoms with van der Waals surface area (Å²) in [6.45, 7) is 5.16. The van der Waals surface area contributed by atoms with E-state index in [0.29, 0.717) is 46.9 Å². The third-order valence-electron chi connectivity index (χ3n) is 3.70. The van der Waals surface area contributed by atoms with Crippen LogP contribution in [0.1, 0.15) is 44.7 Å². The second-order valence-electron chi connectivity index (χ2n) is 5.56. The molecule has 1 aromatic rings. The number of benzene rings is 1. The van der Waals surface area contributed by atoms with E-state index in [9.17, 15) is 4.79 Å². The second-order valence-corrected chi connectivity index (χ2v) is 5.56. The van der Waals surface area contributed by atoms with Gasteiger partial charge in [0.05, 0.1) is 23.3 Å². The smallest absolute Gasteiger partial charge is 0.367 e. The average Bonchev–Trinajstić information content (AvgIpc) is 2.84. The summed E-state index contributed by atoms with van der Waals surface area (Å²) in [5.74, 6) is 0.425. The first kappa shape index (κ1) is 18.2. The molecule has 1 aliphatic heterocycles. The molecule has 0 aromatic heterocycles. The summed E-state index contributed by atoms with van der Waals surface area (Å²) < 4.78 is 5.64. The predicted octanol–water partition coefficient (Wildman–Crippen LogP) is 3.13. The first-order chi connectivity index (χ1) is 11.9. The van der Waals surface area contributed by atoms with Gasteiger partial charge in [0, 0.05) is 18.1 Å². The number of hydrogen-bond donors (Lipinski definition) is 0. The van der Waals surface area contributed by atoms with Crippen LogP contribution in [0.5, 0.6) is 5.75 Å². The fourth-order valence-corrected chi connectivity index (χ4v) is 2.72. The van der Waals surface area contributed by atoms with E-state index in [4.69, 9.17) is 20.1 Å². The molecule has 1 aromatic carbocycles. The Kier molecular flexibility index (Phi) is 5.21. The quantitative estimate of drug-likeness (QED) is 0.768. The Labute approximate surface area is 146 Å². The predicted molar refractivity (Wildman–Crippen MR) is 89.5 cm³/mol. The Morgan fingerprint density at radius 2 is 1.76 bits per heavy atom. The van der Waals surface area contributed by atoms with Gasteiger partial charge in [-0.15, -0.1) is 0 Å². The van der Waals surface area contributed by atoms with E-state index in [1.54, 1.807) is 19.2 Å². The summed E-state index contributed by atoms with van der Waals surface area (Å²) in [5.41, 5.74) is 2.00. The second kappa shape index (κ2) is 7.16. The lowest BCUT2D eigenvalue weighted by Gasteiger charge is -2.21. The highest BCUT2D eigenvalue weighted by Gasteiger charge is 2.44. The third-order valence-corrected chi connectivity index (χ3v) is 3.70. The van der Waals surface area contributed by atoms with Gasteiger partial charge in [0.1, 0.15) is 18.5 Å². The van der Waals surface area contributed by atoms with Crippen molar-refractivity contribution in [3.8, 4) is 17.9 Å². The standard InChI is InChI=1S/C18H19N4O3/c1-5-16-18(17(6-2)22(4,21-16)25-12(3)23)24-15-8-13(10-19)7-14(9-15)11-20/h7-9H,5-6H2,1-4H3/q+1. The minimum absolute atomic E-state index is 0.331. The van der Waals surface area contributed by atoms with Crippen molar-refractivity contribution in [3.05, 3.63) is 40.8 Å². The molecule has 25 heavy (non-hydrogen) atoms. The number of ether oxygens (including phenoxy) is 1. The largest absolute Gasteiger partial charge is 0.449 e. The maximum Gasteiger partial charge on any atom is 0.367 e. The van der Waals surface area contributed by atoms with Crippen molar-refractivity contribution in [3.63, 3.8) is 0 Å². The third kappa shape index (κ3) is 3.68. The number of allylic oxidation sites excluding steroid dienone is 2. The van der Waals surface area contributed by atoms with Crippen LogP contribution in [0.25, 0.3) is 0 Å². The summed E-state index contributed by atoms with van der Waals surface area (Å²) >= 11 is 0. The van der Waals surface area contributed by atoms with Gasteiger partial charge in [-0.05, 0) is 29.7 Å². The highest BCUT2D eigenvalue weighted by Crippen LogP contribution is 2.34. The molecule has 0 N–H and O–H groups in total. The van der Waals surface area contributed by atoms with Gasteiger partial charge in [0.25, 0.3) is 0 Å². The van der Waals surface area contributed by atoms with Gasteiger partial charge in [-0.1, -0.05) is 13.8 Å². The van der Waals surface area contributed by atoms with E-state index in [1.807, 2.05) is 26.0 Å². The van der Waals surface area contributed by atoms with E-state index in [2.05, 4.69) is 5.10 Å². The molecule has 7 nitrogen and oxygen atoms in total. The normalized spacial score (nSPS) is 19.0. The van der Waals surface area contributed by atoms with Gasteiger partial charge in [-0.25, -0.2) is 9.63 Å². The monoisotopic (exact) mass is 339 g/mol. The number of carbonyl (C=O) groups is 1. The lowest BCUT2D eigenvalue weighted by Crippen LogP contribution is -2.37. The Morgan fingerprint density at radius 1 is 1.16 bits per heavy atom. The van der Waals surface area contributed by atoms with Crippen LogP contribution in [0.15, 0.2) is 34.8 Å². The average molecular weight is 339 g/mol. The number of nitrogens with zero attached hydrogens (tertiary/aromatic N) is 4. The van der Waals surface area contributed by atoms with Crippen molar-refractivity contribution in [2.45, 2.75) is 33.6 Å². The van der Waals surface area contributed by atoms with Gasteiger partial charge in [-0.3, -0.25) is 0 Å². The van der Waals surface area contributed by atoms with Crippen LogP contribution in [-0.2, 0) is 9.63 Å². The number of nitriles is 2. The molecule has 0 aliphatic carbocycles. The van der Waals surface area contributed by atoms with Crippen LogP contribution < -0.4 is 4.74 Å². The Bertz CT molecular complexity index is 826. The molecule has 1 atom stereocenters. The molecule has 0 saturated carbocycles. The fraction of sp³-hybridized carbons (Fsp3) is 0.333. The number of carbonyl (C=O) groups excluding carboxylic acids is 1. The van der Waals surface area contributed by atoms with Crippen molar-refractivity contribution in [2.75, 3.05) is 7.05 Å². The van der Waals surface area contributed by atoms with E-state index >= 15 is 0 Å². The molecule has 7 heteroatoms. The summed E-state index contributed by atoms with van der Waals surface area (Å²) in [7, 11) is 1.67. The molecule has 0 radical (unpaired) electrons.